The van der Waals surface area contributed by atoms with E-state index in [-0.39, 0.29) is 16.1 Å². The number of anilines is 1. The van der Waals surface area contributed by atoms with Gasteiger partial charge in [-0.2, -0.15) is 0 Å². The predicted molar refractivity (Wildman–Crippen MR) is 70.2 cm³/mol. The van der Waals surface area contributed by atoms with E-state index in [4.69, 9.17) is 5.73 Å². The van der Waals surface area contributed by atoms with Crippen LogP contribution >= 0.6 is 15.9 Å². The smallest absolute Gasteiger partial charge is 0.405 e. The van der Waals surface area contributed by atoms with Gasteiger partial charge in [0, 0.05) is 5.69 Å². The minimum atomic E-state index is -4.76. The molecule has 0 radical (unpaired) electrons. The van der Waals surface area contributed by atoms with E-state index in [1.165, 1.54) is 12.1 Å². The van der Waals surface area contributed by atoms with Gasteiger partial charge in [0.25, 0.3) is 0 Å². The fourth-order valence-corrected chi connectivity index (χ4v) is 2.29. The van der Waals surface area contributed by atoms with E-state index >= 15 is 0 Å². The number of hydrogen-bond donors (Lipinski definition) is 2. The van der Waals surface area contributed by atoms with Crippen LogP contribution in [0.2, 0.25) is 0 Å². The maximum atomic E-state index is 12.1. The molecule has 1 aliphatic rings. The van der Waals surface area contributed by atoms with Crippen molar-refractivity contribution in [2.24, 2.45) is 5.73 Å². The van der Waals surface area contributed by atoms with Crippen LogP contribution in [-0.4, -0.2) is 17.8 Å². The Morgan fingerprint density at radius 3 is 2.50 bits per heavy atom. The van der Waals surface area contributed by atoms with Gasteiger partial charge in [0.1, 0.15) is 5.75 Å². The van der Waals surface area contributed by atoms with Crippen molar-refractivity contribution in [2.45, 2.75) is 31.2 Å². The molecule has 4 nitrogen and oxygen atoms in total. The van der Waals surface area contributed by atoms with Gasteiger partial charge in [-0.25, -0.2) is 0 Å². The number of ether oxygens (including phenoxy) is 1. The molecule has 1 aromatic carbocycles. The highest BCUT2D eigenvalue weighted by Gasteiger charge is 2.40. The lowest BCUT2D eigenvalue weighted by Crippen LogP contribution is -2.56. The second-order valence-electron chi connectivity index (χ2n) is 4.66. The molecule has 0 spiro atoms. The fraction of sp³-hybridized carbons (Fsp3) is 0.417. The average molecular weight is 353 g/mol. The van der Waals surface area contributed by atoms with Crippen LogP contribution in [0.3, 0.4) is 0 Å². The van der Waals surface area contributed by atoms with Crippen molar-refractivity contribution in [2.75, 3.05) is 5.32 Å². The first-order valence-electron chi connectivity index (χ1n) is 5.85. The van der Waals surface area contributed by atoms with Crippen LogP contribution in [0.4, 0.5) is 18.9 Å². The van der Waals surface area contributed by atoms with E-state index < -0.39 is 11.9 Å². The molecular formula is C12H12BrF3N2O2. The molecule has 0 heterocycles. The number of rotatable bonds is 3. The van der Waals surface area contributed by atoms with E-state index in [0.29, 0.717) is 18.5 Å². The van der Waals surface area contributed by atoms with Crippen LogP contribution in [0.25, 0.3) is 0 Å². The van der Waals surface area contributed by atoms with Crippen LogP contribution in [0.5, 0.6) is 5.75 Å². The zero-order chi connectivity index (χ0) is 15.0. The quantitative estimate of drug-likeness (QED) is 0.878. The highest BCUT2D eigenvalue weighted by Crippen LogP contribution is 2.34. The minimum absolute atomic E-state index is 0.0901. The molecule has 0 saturated heterocycles. The Kier molecular flexibility index (Phi) is 3.97. The number of hydrogen-bond acceptors (Lipinski definition) is 3. The summed E-state index contributed by atoms with van der Waals surface area (Å²) in [4.78, 5) is 11.9. The number of carbonyl (C=O) groups excluding carboxylic acids is 1. The van der Waals surface area contributed by atoms with Gasteiger partial charge < -0.3 is 15.8 Å². The molecule has 1 saturated carbocycles. The molecule has 0 bridgehead atoms. The lowest BCUT2D eigenvalue weighted by atomic mass is 9.77. The van der Waals surface area contributed by atoms with E-state index in [1.54, 1.807) is 0 Å². The molecule has 20 heavy (non-hydrogen) atoms. The van der Waals surface area contributed by atoms with Crippen LogP contribution < -0.4 is 15.8 Å². The van der Waals surface area contributed by atoms with Crippen LogP contribution in [0.1, 0.15) is 19.3 Å². The van der Waals surface area contributed by atoms with Crippen LogP contribution in [-0.2, 0) is 4.79 Å². The standard InChI is InChI=1S/C12H12BrF3N2O2/c13-8-6-7(2-3-9(8)20-12(14,15)16)18-10(19)11(17)4-1-5-11/h2-3,6H,1,4-5,17H2,(H,18,19). The van der Waals surface area contributed by atoms with Crippen molar-refractivity contribution >= 4 is 27.5 Å². The maximum Gasteiger partial charge on any atom is 0.573 e. The number of alkyl halides is 3. The Morgan fingerprint density at radius 2 is 2.05 bits per heavy atom. The molecule has 110 valence electrons. The molecule has 0 atom stereocenters. The highest BCUT2D eigenvalue weighted by molar-refractivity contribution is 9.10. The molecule has 0 aromatic heterocycles. The Hall–Kier alpha value is -1.28. The summed E-state index contributed by atoms with van der Waals surface area (Å²) >= 11 is 2.96. The minimum Gasteiger partial charge on any atom is -0.405 e. The Balaban J connectivity index is 2.07. The van der Waals surface area contributed by atoms with Gasteiger partial charge in [-0.3, -0.25) is 4.79 Å². The second-order valence-corrected chi connectivity index (χ2v) is 5.51. The third kappa shape index (κ3) is 3.43. The molecule has 1 aliphatic carbocycles. The van der Waals surface area contributed by atoms with E-state index in [0.717, 1.165) is 12.5 Å². The second kappa shape index (κ2) is 5.25. The molecule has 0 aliphatic heterocycles. The molecule has 2 rings (SSSR count). The first-order chi connectivity index (χ1) is 9.20. The average Bonchev–Trinajstić information content (AvgIpc) is 2.28. The van der Waals surface area contributed by atoms with Gasteiger partial charge in [-0.05, 0) is 53.4 Å². The summed E-state index contributed by atoms with van der Waals surface area (Å²) in [6.07, 6.45) is -2.66. The molecule has 8 heteroatoms. The molecular weight excluding hydrogens is 341 g/mol. The summed E-state index contributed by atoms with van der Waals surface area (Å²) in [5, 5.41) is 2.58. The number of nitrogens with one attached hydrogen (secondary N) is 1. The number of amides is 1. The molecule has 0 unspecified atom stereocenters. The number of nitrogens with two attached hydrogens (primary N) is 1. The van der Waals surface area contributed by atoms with Gasteiger partial charge in [0.2, 0.25) is 5.91 Å². The van der Waals surface area contributed by atoms with E-state index in [9.17, 15) is 18.0 Å². The lowest BCUT2D eigenvalue weighted by molar-refractivity contribution is -0.274. The van der Waals surface area contributed by atoms with Crippen molar-refractivity contribution in [3.05, 3.63) is 22.7 Å². The van der Waals surface area contributed by atoms with Crippen LogP contribution in [0, 0.1) is 0 Å². The normalized spacial score (nSPS) is 17.2. The third-order valence-corrected chi connectivity index (χ3v) is 3.73. The summed E-state index contributed by atoms with van der Waals surface area (Å²) in [6, 6.07) is 3.78. The van der Waals surface area contributed by atoms with Gasteiger partial charge in [0.15, 0.2) is 0 Å². The zero-order valence-corrected chi connectivity index (χ0v) is 11.8. The molecule has 1 aromatic rings. The summed E-state index contributed by atoms with van der Waals surface area (Å²) in [5.41, 5.74) is 5.34. The van der Waals surface area contributed by atoms with Gasteiger partial charge in [0.05, 0.1) is 10.0 Å². The fourth-order valence-electron chi connectivity index (χ4n) is 1.83. The molecule has 1 fully saturated rings. The third-order valence-electron chi connectivity index (χ3n) is 3.11. The summed E-state index contributed by atoms with van der Waals surface area (Å²) in [5.74, 6) is -0.707. The summed E-state index contributed by atoms with van der Waals surface area (Å²) in [6.45, 7) is 0. The van der Waals surface area contributed by atoms with E-state index in [1.807, 2.05) is 0 Å². The number of carbonyl (C=O) groups is 1. The zero-order valence-electron chi connectivity index (χ0n) is 10.3. The highest BCUT2D eigenvalue weighted by atomic mass is 79.9. The van der Waals surface area contributed by atoms with Gasteiger partial charge in [-0.15, -0.1) is 13.2 Å². The van der Waals surface area contributed by atoms with Gasteiger partial charge >= 0.3 is 6.36 Å². The van der Waals surface area contributed by atoms with Crippen molar-refractivity contribution in [1.82, 2.24) is 0 Å². The first kappa shape index (κ1) is 15.1. The molecule has 1 amide bonds. The lowest BCUT2D eigenvalue weighted by Gasteiger charge is -2.36. The van der Waals surface area contributed by atoms with Crippen molar-refractivity contribution in [3.8, 4) is 5.75 Å². The number of benzene rings is 1. The van der Waals surface area contributed by atoms with Crippen molar-refractivity contribution in [3.63, 3.8) is 0 Å². The summed E-state index contributed by atoms with van der Waals surface area (Å²) in [7, 11) is 0. The predicted octanol–water partition coefficient (Wildman–Crippen LogP) is 3.17. The SMILES string of the molecule is NC1(C(=O)Nc2ccc(OC(F)(F)F)c(Br)c2)CCC1. The topological polar surface area (TPSA) is 64.4 Å². The Labute approximate surface area is 121 Å². The largest absolute Gasteiger partial charge is 0.573 e. The maximum absolute atomic E-state index is 12.1. The molecule has 3 N–H and O–H groups in total. The van der Waals surface area contributed by atoms with Crippen LogP contribution in [0.15, 0.2) is 22.7 Å². The van der Waals surface area contributed by atoms with Gasteiger partial charge in [-0.1, -0.05) is 0 Å². The number of halogens is 4. The first-order valence-corrected chi connectivity index (χ1v) is 6.65. The summed E-state index contributed by atoms with van der Waals surface area (Å²) < 4.78 is 40.2. The Morgan fingerprint density at radius 1 is 1.40 bits per heavy atom. The monoisotopic (exact) mass is 352 g/mol. The van der Waals surface area contributed by atoms with E-state index in [2.05, 4.69) is 26.0 Å². The van der Waals surface area contributed by atoms with Crippen molar-refractivity contribution < 1.29 is 22.7 Å². The Bertz CT molecular complexity index is 530. The van der Waals surface area contributed by atoms with Crippen molar-refractivity contribution in [1.29, 1.82) is 0 Å².